The molecule has 3 nitrogen and oxygen atoms in total. The van der Waals surface area contributed by atoms with Gasteiger partial charge in [-0.2, -0.15) is 0 Å². The molecule has 1 heterocycles. The van der Waals surface area contributed by atoms with E-state index in [2.05, 4.69) is 0 Å². The van der Waals surface area contributed by atoms with Crippen molar-refractivity contribution in [1.82, 2.24) is 4.57 Å². The predicted molar refractivity (Wildman–Crippen MR) is 67.5 cm³/mol. The second-order valence-electron chi connectivity index (χ2n) is 3.94. The number of aryl methyl sites for hydroxylation is 1. The Kier molecular flexibility index (Phi) is 3.28. The number of ether oxygens (including phenoxy) is 1. The van der Waals surface area contributed by atoms with Gasteiger partial charge in [0.25, 0.3) is 5.56 Å². The average molecular weight is 229 g/mol. The summed E-state index contributed by atoms with van der Waals surface area (Å²) in [5.74, 6) is 0.825. The molecular formula is C14H15NO2. The van der Waals surface area contributed by atoms with Crippen molar-refractivity contribution >= 4 is 0 Å². The maximum Gasteiger partial charge on any atom is 0.251 e. The van der Waals surface area contributed by atoms with E-state index in [4.69, 9.17) is 4.74 Å². The second kappa shape index (κ2) is 4.87. The SMILES string of the molecule is COc1ccc(Cn2c(C)cccc2=O)cc1. The molecule has 0 unspecified atom stereocenters. The van der Waals surface area contributed by atoms with Crippen LogP contribution in [0.2, 0.25) is 0 Å². The standard InChI is InChI=1S/C14H15NO2/c1-11-4-3-5-14(16)15(11)10-12-6-8-13(17-2)9-7-12/h3-9H,10H2,1-2H3. The molecule has 0 radical (unpaired) electrons. The fraction of sp³-hybridized carbons (Fsp3) is 0.214. The molecule has 2 aromatic rings. The van der Waals surface area contributed by atoms with E-state index in [0.29, 0.717) is 6.54 Å². The van der Waals surface area contributed by atoms with Crippen LogP contribution in [0.1, 0.15) is 11.3 Å². The van der Waals surface area contributed by atoms with Gasteiger partial charge in [0.15, 0.2) is 0 Å². The smallest absolute Gasteiger partial charge is 0.251 e. The largest absolute Gasteiger partial charge is 0.497 e. The first-order valence-electron chi connectivity index (χ1n) is 5.50. The molecule has 0 aliphatic heterocycles. The summed E-state index contributed by atoms with van der Waals surface area (Å²) in [6.45, 7) is 2.53. The van der Waals surface area contributed by atoms with Crippen LogP contribution >= 0.6 is 0 Å². The monoisotopic (exact) mass is 229 g/mol. The molecule has 0 bridgehead atoms. The maximum atomic E-state index is 11.7. The Balaban J connectivity index is 2.28. The highest BCUT2D eigenvalue weighted by Gasteiger charge is 2.01. The van der Waals surface area contributed by atoms with Gasteiger partial charge in [0, 0.05) is 11.8 Å². The molecule has 17 heavy (non-hydrogen) atoms. The van der Waals surface area contributed by atoms with E-state index in [-0.39, 0.29) is 5.56 Å². The van der Waals surface area contributed by atoms with Crippen molar-refractivity contribution in [2.24, 2.45) is 0 Å². The van der Waals surface area contributed by atoms with E-state index in [1.807, 2.05) is 37.3 Å². The minimum atomic E-state index is 0.0285. The molecular weight excluding hydrogens is 214 g/mol. The fourth-order valence-corrected chi connectivity index (χ4v) is 1.74. The topological polar surface area (TPSA) is 31.2 Å². The van der Waals surface area contributed by atoms with E-state index in [9.17, 15) is 4.79 Å². The minimum Gasteiger partial charge on any atom is -0.497 e. The zero-order valence-electron chi connectivity index (χ0n) is 10.0. The highest BCUT2D eigenvalue weighted by molar-refractivity contribution is 5.27. The van der Waals surface area contributed by atoms with Crippen LogP contribution < -0.4 is 10.3 Å². The lowest BCUT2D eigenvalue weighted by molar-refractivity contribution is 0.414. The number of nitrogens with zero attached hydrogens (tertiary/aromatic N) is 1. The summed E-state index contributed by atoms with van der Waals surface area (Å²) in [4.78, 5) is 11.7. The van der Waals surface area contributed by atoms with Crippen LogP contribution in [0, 0.1) is 6.92 Å². The zero-order valence-corrected chi connectivity index (χ0v) is 10.0. The summed E-state index contributed by atoms with van der Waals surface area (Å²) in [6, 6.07) is 13.0. The lowest BCUT2D eigenvalue weighted by Gasteiger charge is -2.09. The van der Waals surface area contributed by atoms with Gasteiger partial charge in [0.1, 0.15) is 5.75 Å². The number of hydrogen-bond donors (Lipinski definition) is 0. The van der Waals surface area contributed by atoms with Gasteiger partial charge in [0.2, 0.25) is 0 Å². The first-order valence-corrected chi connectivity index (χ1v) is 5.50. The molecule has 0 amide bonds. The lowest BCUT2D eigenvalue weighted by Crippen LogP contribution is -2.21. The molecule has 0 saturated heterocycles. The number of hydrogen-bond acceptors (Lipinski definition) is 2. The Labute approximate surface area is 100 Å². The number of methoxy groups -OCH3 is 1. The van der Waals surface area contributed by atoms with Crippen molar-refractivity contribution in [3.8, 4) is 5.75 Å². The van der Waals surface area contributed by atoms with Crippen LogP contribution in [0.3, 0.4) is 0 Å². The lowest BCUT2D eigenvalue weighted by atomic mass is 10.2. The summed E-state index contributed by atoms with van der Waals surface area (Å²) in [7, 11) is 1.64. The summed E-state index contributed by atoms with van der Waals surface area (Å²) in [6.07, 6.45) is 0. The Morgan fingerprint density at radius 1 is 1.12 bits per heavy atom. The molecule has 0 aliphatic carbocycles. The Bertz CT molecular complexity index is 555. The van der Waals surface area contributed by atoms with Gasteiger partial charge in [-0.15, -0.1) is 0 Å². The van der Waals surface area contributed by atoms with Crippen molar-refractivity contribution in [2.75, 3.05) is 7.11 Å². The van der Waals surface area contributed by atoms with Crippen LogP contribution in [0.4, 0.5) is 0 Å². The third-order valence-electron chi connectivity index (χ3n) is 2.77. The zero-order chi connectivity index (χ0) is 12.3. The van der Waals surface area contributed by atoms with Gasteiger partial charge in [-0.1, -0.05) is 18.2 Å². The summed E-state index contributed by atoms with van der Waals surface area (Å²) in [5, 5.41) is 0. The van der Waals surface area contributed by atoms with E-state index in [1.54, 1.807) is 23.8 Å². The average Bonchev–Trinajstić information content (AvgIpc) is 2.35. The number of aromatic nitrogens is 1. The third-order valence-corrected chi connectivity index (χ3v) is 2.77. The van der Waals surface area contributed by atoms with Crippen molar-refractivity contribution in [3.05, 3.63) is 64.1 Å². The first-order chi connectivity index (χ1) is 8.20. The van der Waals surface area contributed by atoms with Gasteiger partial charge in [-0.3, -0.25) is 4.79 Å². The van der Waals surface area contributed by atoms with Crippen LogP contribution in [0.25, 0.3) is 0 Å². The first kappa shape index (κ1) is 11.5. The number of rotatable bonds is 3. The highest BCUT2D eigenvalue weighted by atomic mass is 16.5. The van der Waals surface area contributed by atoms with E-state index < -0.39 is 0 Å². The molecule has 0 saturated carbocycles. The second-order valence-corrected chi connectivity index (χ2v) is 3.94. The predicted octanol–water partition coefficient (Wildman–Crippen LogP) is 2.21. The molecule has 0 fully saturated rings. The molecule has 0 atom stereocenters. The van der Waals surface area contributed by atoms with Gasteiger partial charge in [-0.05, 0) is 30.7 Å². The normalized spacial score (nSPS) is 10.2. The molecule has 88 valence electrons. The molecule has 3 heteroatoms. The van der Waals surface area contributed by atoms with Gasteiger partial charge >= 0.3 is 0 Å². The fourth-order valence-electron chi connectivity index (χ4n) is 1.74. The van der Waals surface area contributed by atoms with Crippen molar-refractivity contribution in [2.45, 2.75) is 13.5 Å². The third kappa shape index (κ3) is 2.56. The minimum absolute atomic E-state index is 0.0285. The Hall–Kier alpha value is -2.03. The van der Waals surface area contributed by atoms with Crippen molar-refractivity contribution in [1.29, 1.82) is 0 Å². The highest BCUT2D eigenvalue weighted by Crippen LogP contribution is 2.12. The maximum absolute atomic E-state index is 11.7. The van der Waals surface area contributed by atoms with Gasteiger partial charge in [0.05, 0.1) is 13.7 Å². The van der Waals surface area contributed by atoms with E-state index in [1.165, 1.54) is 0 Å². The molecule has 1 aromatic carbocycles. The van der Waals surface area contributed by atoms with Gasteiger partial charge in [-0.25, -0.2) is 0 Å². The van der Waals surface area contributed by atoms with Crippen LogP contribution in [0.15, 0.2) is 47.3 Å². The number of pyridine rings is 1. The van der Waals surface area contributed by atoms with Crippen LogP contribution in [-0.4, -0.2) is 11.7 Å². The molecule has 1 aromatic heterocycles. The molecule has 0 spiro atoms. The van der Waals surface area contributed by atoms with E-state index >= 15 is 0 Å². The molecule has 2 rings (SSSR count). The van der Waals surface area contributed by atoms with Gasteiger partial charge < -0.3 is 9.30 Å². The summed E-state index contributed by atoms with van der Waals surface area (Å²) in [5.41, 5.74) is 2.08. The summed E-state index contributed by atoms with van der Waals surface area (Å²) < 4.78 is 6.85. The molecule has 0 aliphatic rings. The summed E-state index contributed by atoms with van der Waals surface area (Å²) >= 11 is 0. The van der Waals surface area contributed by atoms with Crippen LogP contribution in [-0.2, 0) is 6.54 Å². The Morgan fingerprint density at radius 2 is 1.82 bits per heavy atom. The quantitative estimate of drug-likeness (QED) is 0.808. The molecule has 0 N–H and O–H groups in total. The number of benzene rings is 1. The van der Waals surface area contributed by atoms with Crippen LogP contribution in [0.5, 0.6) is 5.75 Å². The van der Waals surface area contributed by atoms with Crippen molar-refractivity contribution < 1.29 is 4.74 Å². The Morgan fingerprint density at radius 3 is 2.41 bits per heavy atom. The van der Waals surface area contributed by atoms with Crippen molar-refractivity contribution in [3.63, 3.8) is 0 Å². The van der Waals surface area contributed by atoms with E-state index in [0.717, 1.165) is 17.0 Å².